The van der Waals surface area contributed by atoms with Gasteiger partial charge in [0.25, 0.3) is 5.91 Å². The molecule has 0 saturated heterocycles. The van der Waals surface area contributed by atoms with E-state index in [9.17, 15) is 14.3 Å². The van der Waals surface area contributed by atoms with Crippen molar-refractivity contribution in [3.05, 3.63) is 47.4 Å². The van der Waals surface area contributed by atoms with Gasteiger partial charge >= 0.3 is 0 Å². The van der Waals surface area contributed by atoms with Crippen molar-refractivity contribution in [1.29, 1.82) is 0 Å². The minimum absolute atomic E-state index is 0.239. The van der Waals surface area contributed by atoms with Gasteiger partial charge in [0.1, 0.15) is 31.3 Å². The molecule has 0 saturated carbocycles. The van der Waals surface area contributed by atoms with Crippen LogP contribution in [0.5, 0.6) is 0 Å². The molecule has 2 heterocycles. The van der Waals surface area contributed by atoms with E-state index in [4.69, 9.17) is 9.94 Å². The highest BCUT2D eigenvalue weighted by atomic mass is 32.1. The number of aliphatic hydroxyl groups is 2. The van der Waals surface area contributed by atoms with Gasteiger partial charge in [-0.3, -0.25) is 14.6 Å². The third-order valence-corrected chi connectivity index (χ3v) is 4.87. The molecule has 1 aromatic carbocycles. The number of aromatic nitrogens is 1. The number of carbonyl (C=O) groups excluding carboxylic acids is 1. The number of amides is 1. The van der Waals surface area contributed by atoms with Gasteiger partial charge in [-0.1, -0.05) is 11.5 Å². The van der Waals surface area contributed by atoms with E-state index in [1.807, 2.05) is 0 Å². The molecule has 10 heteroatoms. The van der Waals surface area contributed by atoms with E-state index in [1.54, 1.807) is 38.4 Å². The van der Waals surface area contributed by atoms with Crippen molar-refractivity contribution >= 4 is 52.0 Å². The third kappa shape index (κ3) is 4.42. The van der Waals surface area contributed by atoms with Crippen LogP contribution >= 0.6 is 11.3 Å². The zero-order valence-corrected chi connectivity index (χ0v) is 15.2. The lowest BCUT2D eigenvalue weighted by Crippen LogP contribution is -2.29. The molecule has 140 valence electrons. The van der Waals surface area contributed by atoms with Gasteiger partial charge in [-0.15, -0.1) is 11.3 Å². The number of rotatable bonds is 7. The van der Waals surface area contributed by atoms with Crippen LogP contribution in [0.15, 0.2) is 36.7 Å². The first-order valence-corrected chi connectivity index (χ1v) is 8.92. The van der Waals surface area contributed by atoms with Crippen LogP contribution < -0.4 is 16.3 Å². The Morgan fingerprint density at radius 1 is 1.41 bits per heavy atom. The van der Waals surface area contributed by atoms with Gasteiger partial charge in [-0.2, -0.15) is 0 Å². The minimum atomic E-state index is -1.10. The Morgan fingerprint density at radius 2 is 2.22 bits per heavy atom. The number of fused-ring (bicyclic) bond motifs is 1. The van der Waals surface area contributed by atoms with Crippen molar-refractivity contribution < 1.29 is 24.2 Å². The zero-order chi connectivity index (χ0) is 19.4. The van der Waals surface area contributed by atoms with Gasteiger partial charge < -0.3 is 15.5 Å². The molecule has 7 nitrogen and oxygen atoms in total. The smallest absolute Gasteiger partial charge is 0.287 e. The summed E-state index contributed by atoms with van der Waals surface area (Å²) in [5.41, 5.74) is 3.68. The van der Waals surface area contributed by atoms with E-state index in [0.29, 0.717) is 5.69 Å². The number of thiophene rings is 1. The Kier molecular flexibility index (Phi) is 6.02. The number of hydrogen-bond acceptors (Lipinski definition) is 7. The Balaban J connectivity index is 1.90. The molecule has 27 heavy (non-hydrogen) atoms. The summed E-state index contributed by atoms with van der Waals surface area (Å²) in [6.07, 6.45) is 2.10. The van der Waals surface area contributed by atoms with E-state index in [2.05, 4.69) is 15.8 Å². The fourth-order valence-electron chi connectivity index (χ4n) is 2.39. The standard InChI is InChI=1S/C17H17BFN3O4S/c18-9-1-2-13(12(19)5-9)21-15-11-3-4-20-6-14(11)27-16(15)17(25)22-26-8-10(24)7-23/h1-6,10,21,23-24H,7-8,18H2,(H,22,25)/t10-/m1/s1. The van der Waals surface area contributed by atoms with Gasteiger partial charge in [0, 0.05) is 17.8 Å². The number of nitrogens with one attached hydrogen (secondary N) is 2. The number of benzene rings is 1. The topological polar surface area (TPSA) is 104 Å². The molecule has 1 amide bonds. The molecule has 0 radical (unpaired) electrons. The van der Waals surface area contributed by atoms with Crippen LogP contribution in [0.1, 0.15) is 9.67 Å². The molecule has 0 aliphatic rings. The average Bonchev–Trinajstić information content (AvgIpc) is 3.02. The quantitative estimate of drug-likeness (QED) is 0.346. The monoisotopic (exact) mass is 389 g/mol. The van der Waals surface area contributed by atoms with Crippen molar-refractivity contribution in [2.75, 3.05) is 18.5 Å². The number of halogens is 1. The fourth-order valence-corrected chi connectivity index (χ4v) is 3.40. The average molecular weight is 389 g/mol. The van der Waals surface area contributed by atoms with Crippen molar-refractivity contribution in [3.8, 4) is 0 Å². The highest BCUT2D eigenvalue weighted by Gasteiger charge is 2.20. The maximum atomic E-state index is 14.3. The van der Waals surface area contributed by atoms with Crippen LogP contribution in [-0.4, -0.2) is 48.3 Å². The van der Waals surface area contributed by atoms with Crippen molar-refractivity contribution in [3.63, 3.8) is 0 Å². The van der Waals surface area contributed by atoms with Crippen molar-refractivity contribution in [1.82, 2.24) is 10.5 Å². The summed E-state index contributed by atoms with van der Waals surface area (Å²) in [6, 6.07) is 6.50. The van der Waals surface area contributed by atoms with E-state index in [-0.39, 0.29) is 17.2 Å². The number of carbonyl (C=O) groups is 1. The van der Waals surface area contributed by atoms with Gasteiger partial charge in [0.05, 0.1) is 22.7 Å². The summed E-state index contributed by atoms with van der Waals surface area (Å²) >= 11 is 1.17. The van der Waals surface area contributed by atoms with Gasteiger partial charge in [-0.25, -0.2) is 9.87 Å². The summed E-state index contributed by atoms with van der Waals surface area (Å²) in [4.78, 5) is 21.8. The molecular weight excluding hydrogens is 372 g/mol. The molecule has 3 rings (SSSR count). The van der Waals surface area contributed by atoms with E-state index in [0.717, 1.165) is 15.5 Å². The lowest BCUT2D eigenvalue weighted by atomic mass is 9.96. The zero-order valence-electron chi connectivity index (χ0n) is 14.4. The first-order valence-electron chi connectivity index (χ1n) is 8.10. The second kappa shape index (κ2) is 8.44. The maximum absolute atomic E-state index is 14.3. The highest BCUT2D eigenvalue weighted by molar-refractivity contribution is 7.21. The number of hydrogen-bond donors (Lipinski definition) is 4. The largest absolute Gasteiger partial charge is 0.394 e. The van der Waals surface area contributed by atoms with Crippen LogP contribution in [0.25, 0.3) is 10.1 Å². The second-order valence-corrected chi connectivity index (χ2v) is 6.92. The molecule has 4 N–H and O–H groups in total. The minimum Gasteiger partial charge on any atom is -0.394 e. The number of anilines is 2. The fraction of sp³-hybridized carbons (Fsp3) is 0.176. The molecule has 0 bridgehead atoms. The summed E-state index contributed by atoms with van der Waals surface area (Å²) < 4.78 is 15.0. The summed E-state index contributed by atoms with van der Waals surface area (Å²) in [5.74, 6) is -0.992. The Morgan fingerprint density at radius 3 is 2.96 bits per heavy atom. The predicted octanol–water partition coefficient (Wildman–Crippen LogP) is 0.452. The molecule has 3 aromatic rings. The molecule has 0 aliphatic heterocycles. The van der Waals surface area contributed by atoms with Crippen LogP contribution in [0.3, 0.4) is 0 Å². The van der Waals surface area contributed by atoms with Gasteiger partial charge in [-0.05, 0) is 18.2 Å². The molecule has 0 spiro atoms. The van der Waals surface area contributed by atoms with Crippen LogP contribution in [0.4, 0.5) is 15.8 Å². The van der Waals surface area contributed by atoms with E-state index >= 15 is 0 Å². The molecule has 0 aliphatic carbocycles. The van der Waals surface area contributed by atoms with Crippen LogP contribution in [0.2, 0.25) is 0 Å². The van der Waals surface area contributed by atoms with Gasteiger partial charge in [0.15, 0.2) is 0 Å². The number of pyridine rings is 1. The van der Waals surface area contributed by atoms with Gasteiger partial charge in [0.2, 0.25) is 0 Å². The normalized spacial score (nSPS) is 12.1. The Labute approximate surface area is 159 Å². The van der Waals surface area contributed by atoms with Crippen LogP contribution in [0, 0.1) is 5.82 Å². The highest BCUT2D eigenvalue weighted by Crippen LogP contribution is 2.37. The second-order valence-electron chi connectivity index (χ2n) is 5.86. The Hall–Kier alpha value is -2.53. The first-order chi connectivity index (χ1) is 13.0. The summed E-state index contributed by atoms with van der Waals surface area (Å²) in [6.45, 7) is -0.742. The SMILES string of the molecule is Bc1ccc(Nc2c(C(=O)NOC[C@H](O)CO)sc3cnccc23)c(F)c1. The lowest BCUT2D eigenvalue weighted by molar-refractivity contribution is -0.0293. The lowest BCUT2D eigenvalue weighted by Gasteiger charge is -2.11. The number of hydroxylamine groups is 1. The molecule has 0 unspecified atom stereocenters. The Bertz CT molecular complexity index is 969. The molecule has 0 fully saturated rings. The molecule has 1 atom stereocenters. The summed E-state index contributed by atoms with van der Waals surface area (Å²) in [7, 11) is 1.79. The number of nitrogens with zero attached hydrogens (tertiary/aromatic N) is 1. The van der Waals surface area contributed by atoms with E-state index in [1.165, 1.54) is 17.4 Å². The molecular formula is C17H17BFN3O4S. The number of aliphatic hydroxyl groups excluding tert-OH is 2. The summed E-state index contributed by atoms with van der Waals surface area (Å²) in [5, 5.41) is 21.7. The molecule has 2 aromatic heterocycles. The van der Waals surface area contributed by atoms with E-state index < -0.39 is 24.4 Å². The predicted molar refractivity (Wildman–Crippen MR) is 104 cm³/mol. The maximum Gasteiger partial charge on any atom is 0.287 e. The first kappa shape index (κ1) is 19.2. The van der Waals surface area contributed by atoms with Crippen molar-refractivity contribution in [2.45, 2.75) is 6.10 Å². The van der Waals surface area contributed by atoms with Crippen molar-refractivity contribution in [2.24, 2.45) is 0 Å². The van der Waals surface area contributed by atoms with Crippen LogP contribution in [-0.2, 0) is 4.84 Å². The third-order valence-electron chi connectivity index (χ3n) is 3.73.